The molecule has 0 spiro atoms. The number of pyridine rings is 1. The summed E-state index contributed by atoms with van der Waals surface area (Å²) in [5, 5.41) is 7.25. The minimum atomic E-state index is -4.57. The molecule has 6 nitrogen and oxygen atoms in total. The molecule has 0 saturated heterocycles. The van der Waals surface area contributed by atoms with Crippen molar-refractivity contribution in [1.29, 1.82) is 0 Å². The van der Waals surface area contributed by atoms with E-state index in [0.29, 0.717) is 33.2 Å². The van der Waals surface area contributed by atoms with E-state index in [9.17, 15) is 18.0 Å². The fraction of sp³-hybridized carbons (Fsp3) is 0.200. The topological polar surface area (TPSA) is 72.5 Å². The molecule has 0 unspecified atom stereocenters. The highest BCUT2D eigenvalue weighted by Crippen LogP contribution is 2.43. The summed E-state index contributed by atoms with van der Waals surface area (Å²) >= 11 is 6.86. The number of anilines is 1. The van der Waals surface area contributed by atoms with Crippen LogP contribution in [0.1, 0.15) is 38.2 Å². The molecule has 11 heteroatoms. The largest absolute Gasteiger partial charge is 0.496 e. The molecule has 2 N–H and O–H groups in total. The molecule has 2 aromatic heterocycles. The first kappa shape index (κ1) is 24.2. The van der Waals surface area contributed by atoms with Gasteiger partial charge in [-0.1, -0.05) is 17.7 Å². The van der Waals surface area contributed by atoms with Gasteiger partial charge in [0.05, 0.1) is 12.8 Å². The molecule has 3 heterocycles. The summed E-state index contributed by atoms with van der Waals surface area (Å²) in [5.74, 6) is 0.849. The van der Waals surface area contributed by atoms with Gasteiger partial charge in [0, 0.05) is 16.0 Å². The first-order valence-corrected chi connectivity index (χ1v) is 12.0. The van der Waals surface area contributed by atoms with Crippen molar-refractivity contribution in [1.82, 2.24) is 10.3 Å². The van der Waals surface area contributed by atoms with E-state index >= 15 is 0 Å². The normalized spacial score (nSPS) is 15.3. The number of carbonyl (C=O) groups excluding carboxylic acids is 1. The van der Waals surface area contributed by atoms with Gasteiger partial charge in [-0.3, -0.25) is 4.79 Å². The molecular weight excluding hydrogens is 515 g/mol. The van der Waals surface area contributed by atoms with Crippen molar-refractivity contribution < 1.29 is 27.4 Å². The first-order chi connectivity index (χ1) is 17.1. The minimum Gasteiger partial charge on any atom is -0.496 e. The SMILES string of the molecule is COc1ccc([C@H]2NC(=O)c3sc4nc(C(F)(F)F)cc(C)c4c3N2)cc1COc1ccc(Cl)cc1. The number of nitrogens with one attached hydrogen (secondary N) is 2. The summed E-state index contributed by atoms with van der Waals surface area (Å²) in [6.07, 6.45) is -5.19. The van der Waals surface area contributed by atoms with E-state index in [2.05, 4.69) is 15.6 Å². The number of methoxy groups -OCH3 is 1. The Bertz CT molecular complexity index is 1470. The van der Waals surface area contributed by atoms with Crippen molar-refractivity contribution in [2.75, 3.05) is 12.4 Å². The third kappa shape index (κ3) is 4.54. The highest BCUT2D eigenvalue weighted by Gasteiger charge is 2.35. The van der Waals surface area contributed by atoms with E-state index < -0.39 is 18.0 Å². The Kier molecular flexibility index (Phi) is 6.17. The van der Waals surface area contributed by atoms with Crippen LogP contribution in [0.2, 0.25) is 5.02 Å². The number of carbonyl (C=O) groups is 1. The molecule has 0 aliphatic carbocycles. The van der Waals surface area contributed by atoms with Gasteiger partial charge in [-0.25, -0.2) is 4.98 Å². The third-order valence-electron chi connectivity index (χ3n) is 5.77. The molecule has 1 atom stereocenters. The van der Waals surface area contributed by atoms with Gasteiger partial charge in [-0.15, -0.1) is 11.3 Å². The van der Waals surface area contributed by atoms with Crippen molar-refractivity contribution in [2.24, 2.45) is 0 Å². The van der Waals surface area contributed by atoms with E-state index in [4.69, 9.17) is 21.1 Å². The lowest BCUT2D eigenvalue weighted by atomic mass is 10.0. The third-order valence-corrected chi connectivity index (χ3v) is 7.10. The molecule has 0 bridgehead atoms. The number of benzene rings is 2. The molecular formula is C25H19ClF3N3O3S. The predicted molar refractivity (Wildman–Crippen MR) is 132 cm³/mol. The quantitative estimate of drug-likeness (QED) is 0.298. The Morgan fingerprint density at radius 1 is 1.11 bits per heavy atom. The van der Waals surface area contributed by atoms with Crippen molar-refractivity contribution in [2.45, 2.75) is 25.9 Å². The zero-order valence-electron chi connectivity index (χ0n) is 19.0. The molecule has 1 aliphatic rings. The standard InChI is InChI=1S/C25H19ClF3N3O3S/c1-12-9-18(25(27,28)29)30-24-19(12)20-21(36-24)23(33)32-22(31-20)13-3-8-17(34-2)14(10-13)11-35-16-6-4-15(26)5-7-16/h3-10,22,31H,11H2,1-2H3,(H,32,33)/t22-/m1/s1. The van der Waals surface area contributed by atoms with Gasteiger partial charge >= 0.3 is 6.18 Å². The smallest absolute Gasteiger partial charge is 0.433 e. The number of aryl methyl sites for hydroxylation is 1. The Morgan fingerprint density at radius 2 is 1.86 bits per heavy atom. The maximum atomic E-state index is 13.2. The van der Waals surface area contributed by atoms with Crippen LogP contribution in [-0.2, 0) is 12.8 Å². The van der Waals surface area contributed by atoms with Crippen LogP contribution in [0.25, 0.3) is 10.2 Å². The molecule has 1 aliphatic heterocycles. The van der Waals surface area contributed by atoms with Crippen LogP contribution in [0.15, 0.2) is 48.5 Å². The number of rotatable bonds is 5. The maximum Gasteiger partial charge on any atom is 0.433 e. The number of nitrogens with zero attached hydrogens (tertiary/aromatic N) is 1. The van der Waals surface area contributed by atoms with Gasteiger partial charge in [0.15, 0.2) is 0 Å². The van der Waals surface area contributed by atoms with Crippen LogP contribution < -0.4 is 20.1 Å². The molecule has 1 amide bonds. The van der Waals surface area contributed by atoms with Crippen LogP contribution in [0.5, 0.6) is 11.5 Å². The molecule has 0 saturated carbocycles. The molecule has 4 aromatic rings. The molecule has 36 heavy (non-hydrogen) atoms. The lowest BCUT2D eigenvalue weighted by molar-refractivity contribution is -0.141. The van der Waals surface area contributed by atoms with E-state index in [1.807, 2.05) is 6.07 Å². The summed E-state index contributed by atoms with van der Waals surface area (Å²) in [7, 11) is 1.55. The minimum absolute atomic E-state index is 0.155. The number of hydrogen-bond donors (Lipinski definition) is 2. The second kappa shape index (κ2) is 9.18. The predicted octanol–water partition coefficient (Wildman–Crippen LogP) is 6.72. The highest BCUT2D eigenvalue weighted by molar-refractivity contribution is 7.21. The van der Waals surface area contributed by atoms with Crippen LogP contribution >= 0.6 is 22.9 Å². The fourth-order valence-electron chi connectivity index (χ4n) is 4.05. The van der Waals surface area contributed by atoms with Crippen LogP contribution in [0.3, 0.4) is 0 Å². The highest BCUT2D eigenvalue weighted by atomic mass is 35.5. The molecule has 186 valence electrons. The Hall–Kier alpha value is -3.50. The lowest BCUT2D eigenvalue weighted by Gasteiger charge is -2.27. The maximum absolute atomic E-state index is 13.2. The van der Waals surface area contributed by atoms with Gasteiger partial charge < -0.3 is 20.1 Å². The Morgan fingerprint density at radius 3 is 2.56 bits per heavy atom. The van der Waals surface area contributed by atoms with Crippen LogP contribution in [-0.4, -0.2) is 18.0 Å². The van der Waals surface area contributed by atoms with Gasteiger partial charge in [0.25, 0.3) is 5.91 Å². The van der Waals surface area contributed by atoms with Crippen molar-refractivity contribution in [3.63, 3.8) is 0 Å². The Labute approximate surface area is 213 Å². The van der Waals surface area contributed by atoms with Crippen LogP contribution in [0, 0.1) is 6.92 Å². The fourth-order valence-corrected chi connectivity index (χ4v) is 5.30. The molecule has 0 radical (unpaired) electrons. The Balaban J connectivity index is 1.46. The monoisotopic (exact) mass is 533 g/mol. The lowest BCUT2D eigenvalue weighted by Crippen LogP contribution is -2.37. The number of thiophene rings is 1. The zero-order valence-corrected chi connectivity index (χ0v) is 20.6. The second-order valence-electron chi connectivity index (χ2n) is 8.17. The molecule has 2 aromatic carbocycles. The summed E-state index contributed by atoms with van der Waals surface area (Å²) in [6, 6.07) is 13.4. The second-order valence-corrected chi connectivity index (χ2v) is 9.61. The van der Waals surface area contributed by atoms with Gasteiger partial charge in [-0.05, 0) is 60.5 Å². The van der Waals surface area contributed by atoms with E-state index in [0.717, 1.165) is 28.5 Å². The van der Waals surface area contributed by atoms with Gasteiger partial charge in [0.1, 0.15) is 39.7 Å². The van der Waals surface area contributed by atoms with Crippen LogP contribution in [0.4, 0.5) is 18.9 Å². The van der Waals surface area contributed by atoms with E-state index in [1.165, 1.54) is 0 Å². The van der Waals surface area contributed by atoms with Gasteiger partial charge in [0.2, 0.25) is 0 Å². The van der Waals surface area contributed by atoms with E-state index in [-0.39, 0.29) is 22.2 Å². The zero-order chi connectivity index (χ0) is 25.6. The number of amides is 1. The first-order valence-electron chi connectivity index (χ1n) is 10.8. The number of hydrogen-bond acceptors (Lipinski definition) is 6. The van der Waals surface area contributed by atoms with E-state index in [1.54, 1.807) is 50.4 Å². The number of fused-ring (bicyclic) bond motifs is 3. The van der Waals surface area contributed by atoms with Crippen molar-refractivity contribution in [3.05, 3.63) is 80.8 Å². The van der Waals surface area contributed by atoms with Gasteiger partial charge in [-0.2, -0.15) is 13.2 Å². The number of halogens is 4. The number of aromatic nitrogens is 1. The summed E-state index contributed by atoms with van der Waals surface area (Å²) in [4.78, 5) is 17.1. The summed E-state index contributed by atoms with van der Waals surface area (Å²) < 4.78 is 51.1. The molecule has 0 fully saturated rings. The average molecular weight is 534 g/mol. The van der Waals surface area contributed by atoms with Crippen molar-refractivity contribution in [3.8, 4) is 11.5 Å². The number of alkyl halides is 3. The summed E-state index contributed by atoms with van der Waals surface area (Å²) in [5.41, 5.74) is 1.34. The summed E-state index contributed by atoms with van der Waals surface area (Å²) in [6.45, 7) is 1.78. The average Bonchev–Trinajstić information content (AvgIpc) is 3.23. The number of ether oxygens (including phenoxy) is 2. The van der Waals surface area contributed by atoms with Crippen molar-refractivity contribution >= 4 is 44.7 Å². The molecule has 5 rings (SSSR count).